The zero-order valence-electron chi connectivity index (χ0n) is 11.8. The lowest BCUT2D eigenvalue weighted by atomic mass is 9.98. The molecule has 1 fully saturated rings. The van der Waals surface area contributed by atoms with Crippen LogP contribution in [0.3, 0.4) is 0 Å². The second-order valence-electron chi connectivity index (χ2n) is 5.17. The van der Waals surface area contributed by atoms with Crippen LogP contribution in [-0.2, 0) is 0 Å². The van der Waals surface area contributed by atoms with Crippen LogP contribution in [0, 0.1) is 0 Å². The van der Waals surface area contributed by atoms with Crippen molar-refractivity contribution in [1.29, 1.82) is 0 Å². The SMILES string of the molecule is COc1ccccc1NC(=O)N1[C@H](C)CCC[C@H]1C. The Bertz CT molecular complexity index is 438. The molecule has 1 saturated heterocycles. The lowest BCUT2D eigenvalue weighted by molar-refractivity contribution is 0.133. The largest absolute Gasteiger partial charge is 0.495 e. The molecule has 1 aliphatic heterocycles. The topological polar surface area (TPSA) is 41.6 Å². The summed E-state index contributed by atoms with van der Waals surface area (Å²) < 4.78 is 5.25. The van der Waals surface area contributed by atoms with Gasteiger partial charge in [-0.15, -0.1) is 0 Å². The number of piperidine rings is 1. The normalized spacial score (nSPS) is 23.0. The number of urea groups is 1. The molecule has 0 unspecified atom stereocenters. The highest BCUT2D eigenvalue weighted by Gasteiger charge is 2.29. The molecule has 1 aromatic rings. The van der Waals surface area contributed by atoms with Crippen molar-refractivity contribution < 1.29 is 9.53 Å². The second kappa shape index (κ2) is 5.95. The van der Waals surface area contributed by atoms with E-state index in [-0.39, 0.29) is 6.03 Å². The fraction of sp³-hybridized carbons (Fsp3) is 0.533. The third kappa shape index (κ3) is 3.00. The first kappa shape index (κ1) is 13.7. The van der Waals surface area contributed by atoms with Crippen molar-refractivity contribution in [3.63, 3.8) is 0 Å². The Labute approximate surface area is 114 Å². The van der Waals surface area contributed by atoms with E-state index in [1.165, 1.54) is 6.42 Å². The fourth-order valence-corrected chi connectivity index (χ4v) is 2.75. The number of nitrogens with zero attached hydrogens (tertiary/aromatic N) is 1. The number of hydrogen-bond donors (Lipinski definition) is 1. The van der Waals surface area contributed by atoms with E-state index in [2.05, 4.69) is 19.2 Å². The minimum Gasteiger partial charge on any atom is -0.495 e. The van der Waals surface area contributed by atoms with Gasteiger partial charge in [0.05, 0.1) is 12.8 Å². The lowest BCUT2D eigenvalue weighted by Crippen LogP contribution is -2.49. The van der Waals surface area contributed by atoms with E-state index >= 15 is 0 Å². The van der Waals surface area contributed by atoms with Crippen molar-refractivity contribution in [2.45, 2.75) is 45.2 Å². The van der Waals surface area contributed by atoms with Gasteiger partial charge in [0.2, 0.25) is 0 Å². The summed E-state index contributed by atoms with van der Waals surface area (Å²) >= 11 is 0. The van der Waals surface area contributed by atoms with Gasteiger partial charge in [-0.25, -0.2) is 4.79 Å². The molecule has 104 valence electrons. The Morgan fingerprint density at radius 3 is 2.53 bits per heavy atom. The molecule has 0 spiro atoms. The molecule has 19 heavy (non-hydrogen) atoms. The summed E-state index contributed by atoms with van der Waals surface area (Å²) in [4.78, 5) is 14.4. The van der Waals surface area contributed by atoms with Crippen LogP contribution in [0.1, 0.15) is 33.1 Å². The zero-order valence-corrected chi connectivity index (χ0v) is 11.8. The van der Waals surface area contributed by atoms with Gasteiger partial charge in [-0.05, 0) is 45.2 Å². The highest BCUT2D eigenvalue weighted by atomic mass is 16.5. The number of amides is 2. The van der Waals surface area contributed by atoms with Crippen molar-refractivity contribution in [3.05, 3.63) is 24.3 Å². The molecule has 1 aromatic carbocycles. The molecule has 1 heterocycles. The molecule has 1 aliphatic rings. The molecule has 0 aliphatic carbocycles. The van der Waals surface area contributed by atoms with E-state index in [1.807, 2.05) is 29.2 Å². The molecule has 0 aromatic heterocycles. The number of para-hydroxylation sites is 2. The van der Waals surface area contributed by atoms with Crippen molar-refractivity contribution in [1.82, 2.24) is 4.90 Å². The number of ether oxygens (including phenoxy) is 1. The second-order valence-corrected chi connectivity index (χ2v) is 5.17. The number of anilines is 1. The molecule has 0 bridgehead atoms. The molecule has 0 saturated carbocycles. The standard InChI is InChI=1S/C15H22N2O2/c1-11-7-6-8-12(2)17(11)15(18)16-13-9-4-5-10-14(13)19-3/h4-5,9-12H,6-8H2,1-3H3,(H,16,18)/t11-,12-/m1/s1. The summed E-state index contributed by atoms with van der Waals surface area (Å²) in [5.41, 5.74) is 0.722. The average Bonchev–Trinajstić information content (AvgIpc) is 2.39. The third-order valence-corrected chi connectivity index (χ3v) is 3.78. The van der Waals surface area contributed by atoms with Gasteiger partial charge >= 0.3 is 6.03 Å². The number of rotatable bonds is 2. The van der Waals surface area contributed by atoms with Crippen LogP contribution < -0.4 is 10.1 Å². The molecule has 1 N–H and O–H groups in total. The first-order valence-electron chi connectivity index (χ1n) is 6.86. The Balaban J connectivity index is 2.11. The summed E-state index contributed by atoms with van der Waals surface area (Å²) in [6, 6.07) is 8.03. The highest BCUT2D eigenvalue weighted by Crippen LogP contribution is 2.26. The number of likely N-dealkylation sites (tertiary alicyclic amines) is 1. The molecule has 2 rings (SSSR count). The monoisotopic (exact) mass is 262 g/mol. The van der Waals surface area contributed by atoms with Gasteiger partial charge in [0.1, 0.15) is 5.75 Å². The van der Waals surface area contributed by atoms with E-state index in [9.17, 15) is 4.79 Å². The van der Waals surface area contributed by atoms with Crippen molar-refractivity contribution >= 4 is 11.7 Å². The number of carbonyl (C=O) groups is 1. The fourth-order valence-electron chi connectivity index (χ4n) is 2.75. The van der Waals surface area contributed by atoms with Crippen LogP contribution in [0.15, 0.2) is 24.3 Å². The van der Waals surface area contributed by atoms with Gasteiger partial charge in [-0.3, -0.25) is 0 Å². The maximum atomic E-state index is 12.4. The molecular weight excluding hydrogens is 240 g/mol. The molecule has 0 radical (unpaired) electrons. The van der Waals surface area contributed by atoms with Crippen molar-refractivity contribution in [2.24, 2.45) is 0 Å². The van der Waals surface area contributed by atoms with Crippen LogP contribution in [0.2, 0.25) is 0 Å². The van der Waals surface area contributed by atoms with Crippen molar-refractivity contribution in [2.75, 3.05) is 12.4 Å². The van der Waals surface area contributed by atoms with E-state index < -0.39 is 0 Å². The van der Waals surface area contributed by atoms with Gasteiger partial charge in [-0.2, -0.15) is 0 Å². The number of carbonyl (C=O) groups excluding carboxylic acids is 1. The predicted molar refractivity (Wildman–Crippen MR) is 76.6 cm³/mol. The molecule has 2 atom stereocenters. The Kier molecular flexibility index (Phi) is 4.30. The van der Waals surface area contributed by atoms with Crippen LogP contribution in [-0.4, -0.2) is 30.1 Å². The summed E-state index contributed by atoms with van der Waals surface area (Å²) in [5, 5.41) is 2.95. The minimum atomic E-state index is -0.0378. The molecular formula is C15H22N2O2. The van der Waals surface area contributed by atoms with Gasteiger partial charge in [0.25, 0.3) is 0 Å². The zero-order chi connectivity index (χ0) is 13.8. The van der Waals surface area contributed by atoms with Crippen molar-refractivity contribution in [3.8, 4) is 5.75 Å². The van der Waals surface area contributed by atoms with E-state index in [1.54, 1.807) is 7.11 Å². The van der Waals surface area contributed by atoms with Crippen LogP contribution in [0.4, 0.5) is 10.5 Å². The van der Waals surface area contributed by atoms with Gasteiger partial charge in [0.15, 0.2) is 0 Å². The van der Waals surface area contributed by atoms with Crippen LogP contribution in [0.25, 0.3) is 0 Å². The summed E-state index contributed by atoms with van der Waals surface area (Å²) in [7, 11) is 1.61. The van der Waals surface area contributed by atoms with E-state index in [4.69, 9.17) is 4.74 Å². The molecule has 2 amide bonds. The first-order valence-corrected chi connectivity index (χ1v) is 6.86. The Morgan fingerprint density at radius 1 is 1.26 bits per heavy atom. The minimum absolute atomic E-state index is 0.0378. The third-order valence-electron chi connectivity index (χ3n) is 3.78. The number of hydrogen-bond acceptors (Lipinski definition) is 2. The number of methoxy groups -OCH3 is 1. The highest BCUT2D eigenvalue weighted by molar-refractivity contribution is 5.91. The maximum Gasteiger partial charge on any atom is 0.322 e. The molecule has 4 nitrogen and oxygen atoms in total. The summed E-state index contributed by atoms with van der Waals surface area (Å²) in [5.74, 6) is 0.688. The quantitative estimate of drug-likeness (QED) is 0.886. The lowest BCUT2D eigenvalue weighted by Gasteiger charge is -2.38. The smallest absolute Gasteiger partial charge is 0.322 e. The van der Waals surface area contributed by atoms with E-state index in [0.29, 0.717) is 17.8 Å². The van der Waals surface area contributed by atoms with Gasteiger partial charge in [-0.1, -0.05) is 12.1 Å². The summed E-state index contributed by atoms with van der Waals surface area (Å²) in [6.45, 7) is 4.22. The van der Waals surface area contributed by atoms with Crippen LogP contribution in [0.5, 0.6) is 5.75 Å². The number of nitrogens with one attached hydrogen (secondary N) is 1. The van der Waals surface area contributed by atoms with Crippen LogP contribution >= 0.6 is 0 Å². The summed E-state index contributed by atoms with van der Waals surface area (Å²) in [6.07, 6.45) is 3.34. The average molecular weight is 262 g/mol. The molecule has 4 heteroatoms. The maximum absolute atomic E-state index is 12.4. The van der Waals surface area contributed by atoms with Gasteiger partial charge < -0.3 is 15.0 Å². The van der Waals surface area contributed by atoms with Gasteiger partial charge in [0, 0.05) is 12.1 Å². The predicted octanol–water partition coefficient (Wildman–Crippen LogP) is 3.49. The Hall–Kier alpha value is -1.71. The number of benzene rings is 1. The first-order chi connectivity index (χ1) is 9.13. The Morgan fingerprint density at radius 2 is 1.89 bits per heavy atom. The van der Waals surface area contributed by atoms with E-state index in [0.717, 1.165) is 18.5 Å².